The standard InChI is InChI=1S/C20H19FN4O2S/c21-15-3-4-17-16(10-15)24-20(28-17)13-5-8-25(9-6-13)18(26)12-23-19(27)14-2-1-7-22-11-14/h1-4,7,10-11,13H,5-6,8-9,12H2,(H,23,27). The first-order valence-corrected chi connectivity index (χ1v) is 9.94. The summed E-state index contributed by atoms with van der Waals surface area (Å²) in [7, 11) is 0. The van der Waals surface area contributed by atoms with E-state index >= 15 is 0 Å². The maximum Gasteiger partial charge on any atom is 0.253 e. The van der Waals surface area contributed by atoms with E-state index in [1.807, 2.05) is 0 Å². The van der Waals surface area contributed by atoms with Gasteiger partial charge in [0.05, 0.1) is 27.3 Å². The minimum absolute atomic E-state index is 0.0290. The SMILES string of the molecule is O=C(NCC(=O)N1CCC(c2nc3cc(F)ccc3s2)CC1)c1cccnc1. The molecule has 0 bridgehead atoms. The summed E-state index contributed by atoms with van der Waals surface area (Å²) >= 11 is 1.59. The largest absolute Gasteiger partial charge is 0.343 e. The molecule has 1 aromatic carbocycles. The van der Waals surface area contributed by atoms with Crippen LogP contribution in [0.5, 0.6) is 0 Å². The Labute approximate surface area is 165 Å². The molecule has 2 aromatic heterocycles. The Hall–Kier alpha value is -2.87. The number of carbonyl (C=O) groups is 2. The molecule has 144 valence electrons. The molecule has 1 N–H and O–H groups in total. The van der Waals surface area contributed by atoms with Crippen LogP contribution < -0.4 is 5.32 Å². The first-order valence-electron chi connectivity index (χ1n) is 9.12. The number of amides is 2. The van der Waals surface area contributed by atoms with Crippen molar-refractivity contribution >= 4 is 33.4 Å². The average Bonchev–Trinajstić information content (AvgIpc) is 3.15. The van der Waals surface area contributed by atoms with E-state index in [-0.39, 0.29) is 30.1 Å². The van der Waals surface area contributed by atoms with Gasteiger partial charge in [-0.25, -0.2) is 9.37 Å². The average molecular weight is 398 g/mol. The number of hydrogen-bond acceptors (Lipinski definition) is 5. The molecule has 4 rings (SSSR count). The molecule has 1 aliphatic rings. The highest BCUT2D eigenvalue weighted by Crippen LogP contribution is 2.34. The number of hydrogen-bond donors (Lipinski definition) is 1. The second-order valence-electron chi connectivity index (χ2n) is 6.74. The highest BCUT2D eigenvalue weighted by atomic mass is 32.1. The van der Waals surface area contributed by atoms with Crippen LogP contribution in [-0.2, 0) is 4.79 Å². The predicted octanol–water partition coefficient (Wildman–Crippen LogP) is 2.97. The lowest BCUT2D eigenvalue weighted by molar-refractivity contribution is -0.131. The van der Waals surface area contributed by atoms with Crippen LogP contribution in [0.25, 0.3) is 10.2 Å². The van der Waals surface area contributed by atoms with Gasteiger partial charge < -0.3 is 10.2 Å². The number of likely N-dealkylation sites (tertiary alicyclic amines) is 1. The van der Waals surface area contributed by atoms with Crippen molar-refractivity contribution in [2.75, 3.05) is 19.6 Å². The molecule has 3 heterocycles. The summed E-state index contributed by atoms with van der Waals surface area (Å²) in [6, 6.07) is 8.00. The summed E-state index contributed by atoms with van der Waals surface area (Å²) in [5, 5.41) is 3.64. The van der Waals surface area contributed by atoms with Gasteiger partial charge in [0, 0.05) is 37.5 Å². The number of fused-ring (bicyclic) bond motifs is 1. The van der Waals surface area contributed by atoms with Crippen molar-refractivity contribution in [3.63, 3.8) is 0 Å². The number of benzene rings is 1. The monoisotopic (exact) mass is 398 g/mol. The van der Waals surface area contributed by atoms with Gasteiger partial charge in [0.15, 0.2) is 0 Å². The number of pyridine rings is 1. The molecular weight excluding hydrogens is 379 g/mol. The number of nitrogens with zero attached hydrogens (tertiary/aromatic N) is 3. The summed E-state index contributed by atoms with van der Waals surface area (Å²) in [6.07, 6.45) is 4.68. The molecule has 0 unspecified atom stereocenters. The zero-order valence-electron chi connectivity index (χ0n) is 15.1. The normalized spacial score (nSPS) is 15.0. The molecule has 1 saturated heterocycles. The van der Waals surface area contributed by atoms with Gasteiger partial charge in [-0.1, -0.05) is 0 Å². The van der Waals surface area contributed by atoms with Crippen molar-refractivity contribution in [2.45, 2.75) is 18.8 Å². The van der Waals surface area contributed by atoms with Gasteiger partial charge in [0.2, 0.25) is 5.91 Å². The number of rotatable bonds is 4. The fourth-order valence-electron chi connectivity index (χ4n) is 3.34. The Kier molecular flexibility index (Phi) is 5.29. The lowest BCUT2D eigenvalue weighted by atomic mass is 9.97. The third-order valence-electron chi connectivity index (χ3n) is 4.89. The maximum absolute atomic E-state index is 13.4. The summed E-state index contributed by atoms with van der Waals surface area (Å²) in [4.78, 5) is 34.7. The van der Waals surface area contributed by atoms with E-state index in [0.29, 0.717) is 24.2 Å². The number of halogens is 1. The molecule has 0 spiro atoms. The first-order chi connectivity index (χ1) is 13.6. The van der Waals surface area contributed by atoms with Crippen LogP contribution in [0.1, 0.15) is 34.1 Å². The van der Waals surface area contributed by atoms with E-state index < -0.39 is 0 Å². The second kappa shape index (κ2) is 8.02. The first kappa shape index (κ1) is 18.5. The minimum atomic E-state index is -0.307. The number of nitrogens with one attached hydrogen (secondary N) is 1. The zero-order valence-corrected chi connectivity index (χ0v) is 15.9. The van der Waals surface area contributed by atoms with E-state index in [4.69, 9.17) is 0 Å². The molecule has 1 aliphatic heterocycles. The van der Waals surface area contributed by atoms with Gasteiger partial charge in [0.1, 0.15) is 5.82 Å². The number of thiazole rings is 1. The van der Waals surface area contributed by atoms with Crippen molar-refractivity contribution in [1.82, 2.24) is 20.2 Å². The van der Waals surface area contributed by atoms with E-state index in [1.54, 1.807) is 40.6 Å². The number of piperidine rings is 1. The van der Waals surface area contributed by atoms with Crippen molar-refractivity contribution in [2.24, 2.45) is 0 Å². The molecule has 0 saturated carbocycles. The Morgan fingerprint density at radius 1 is 1.25 bits per heavy atom. The fourth-order valence-corrected chi connectivity index (χ4v) is 4.45. The van der Waals surface area contributed by atoms with Crippen molar-refractivity contribution < 1.29 is 14.0 Å². The minimum Gasteiger partial charge on any atom is -0.343 e. The quantitative estimate of drug-likeness (QED) is 0.733. The van der Waals surface area contributed by atoms with Crippen LogP contribution in [-0.4, -0.2) is 46.3 Å². The highest BCUT2D eigenvalue weighted by molar-refractivity contribution is 7.18. The second-order valence-corrected chi connectivity index (χ2v) is 7.81. The lowest BCUT2D eigenvalue weighted by Crippen LogP contribution is -2.43. The smallest absolute Gasteiger partial charge is 0.253 e. The van der Waals surface area contributed by atoms with Gasteiger partial charge in [0.25, 0.3) is 5.91 Å². The maximum atomic E-state index is 13.4. The van der Waals surface area contributed by atoms with Crippen molar-refractivity contribution in [1.29, 1.82) is 0 Å². The van der Waals surface area contributed by atoms with Crippen LogP contribution >= 0.6 is 11.3 Å². The van der Waals surface area contributed by atoms with Gasteiger partial charge in [-0.15, -0.1) is 11.3 Å². The van der Waals surface area contributed by atoms with Crippen LogP contribution in [0.3, 0.4) is 0 Å². The van der Waals surface area contributed by atoms with Gasteiger partial charge in [-0.05, 0) is 37.1 Å². The Bertz CT molecular complexity index is 1000. The Morgan fingerprint density at radius 3 is 2.82 bits per heavy atom. The molecule has 0 radical (unpaired) electrons. The molecule has 0 aliphatic carbocycles. The van der Waals surface area contributed by atoms with Crippen LogP contribution in [0.2, 0.25) is 0 Å². The summed E-state index contributed by atoms with van der Waals surface area (Å²) < 4.78 is 14.3. The molecule has 8 heteroatoms. The van der Waals surface area contributed by atoms with Gasteiger partial charge in [-0.2, -0.15) is 0 Å². The zero-order chi connectivity index (χ0) is 19.5. The molecule has 6 nitrogen and oxygen atoms in total. The van der Waals surface area contributed by atoms with Gasteiger partial charge in [-0.3, -0.25) is 14.6 Å². The van der Waals surface area contributed by atoms with E-state index in [0.717, 1.165) is 22.5 Å². The predicted molar refractivity (Wildman–Crippen MR) is 105 cm³/mol. The molecule has 28 heavy (non-hydrogen) atoms. The molecule has 1 fully saturated rings. The Balaban J connectivity index is 1.30. The number of aromatic nitrogens is 2. The Morgan fingerprint density at radius 2 is 2.07 bits per heavy atom. The fraction of sp³-hybridized carbons (Fsp3) is 0.300. The van der Waals surface area contributed by atoms with E-state index in [1.165, 1.54) is 18.3 Å². The van der Waals surface area contributed by atoms with Crippen molar-refractivity contribution in [3.8, 4) is 0 Å². The summed E-state index contributed by atoms with van der Waals surface area (Å²) in [5.74, 6) is -0.410. The summed E-state index contributed by atoms with van der Waals surface area (Å²) in [5.41, 5.74) is 1.12. The molecule has 0 atom stereocenters. The lowest BCUT2D eigenvalue weighted by Gasteiger charge is -2.31. The van der Waals surface area contributed by atoms with Crippen LogP contribution in [0, 0.1) is 5.82 Å². The highest BCUT2D eigenvalue weighted by Gasteiger charge is 2.26. The van der Waals surface area contributed by atoms with Crippen LogP contribution in [0.4, 0.5) is 4.39 Å². The summed E-state index contributed by atoms with van der Waals surface area (Å²) in [6.45, 7) is 1.21. The molecular formula is C20H19FN4O2S. The van der Waals surface area contributed by atoms with Crippen LogP contribution in [0.15, 0.2) is 42.7 Å². The topological polar surface area (TPSA) is 75.2 Å². The van der Waals surface area contributed by atoms with Gasteiger partial charge >= 0.3 is 0 Å². The van der Waals surface area contributed by atoms with E-state index in [2.05, 4.69) is 15.3 Å². The third kappa shape index (κ3) is 4.01. The molecule has 2 amide bonds. The molecule has 3 aromatic rings. The third-order valence-corrected chi connectivity index (χ3v) is 6.09. The van der Waals surface area contributed by atoms with Crippen molar-refractivity contribution in [3.05, 3.63) is 59.1 Å². The number of carbonyl (C=O) groups excluding carboxylic acids is 2. The van der Waals surface area contributed by atoms with E-state index in [9.17, 15) is 14.0 Å².